The van der Waals surface area contributed by atoms with Gasteiger partial charge in [-0.1, -0.05) is 55.3 Å². The summed E-state index contributed by atoms with van der Waals surface area (Å²) in [5.74, 6) is -0.738. The minimum Gasteiger partial charge on any atom is -0.497 e. The van der Waals surface area contributed by atoms with Gasteiger partial charge in [-0.25, -0.2) is 8.42 Å². The molecule has 3 aromatic carbocycles. The van der Waals surface area contributed by atoms with Crippen molar-refractivity contribution in [1.29, 1.82) is 0 Å². The summed E-state index contributed by atoms with van der Waals surface area (Å²) in [7, 11) is -3.10. The first kappa shape index (κ1) is 33.7. The number of benzene rings is 3. The summed E-state index contributed by atoms with van der Waals surface area (Å²) in [5.41, 5.74) is -1.07. The van der Waals surface area contributed by atoms with Gasteiger partial charge in [0, 0.05) is 13.1 Å². The van der Waals surface area contributed by atoms with Crippen LogP contribution in [0, 0.1) is 0 Å². The molecule has 0 aliphatic carbocycles. The molecule has 1 N–H and O–H groups in total. The highest BCUT2D eigenvalue weighted by Crippen LogP contribution is 2.37. The SMILES string of the molecule is CCCCNC(=O)[C@H](C)N(Cc1ccc(OC)cc1)C(=O)CN(c1cc(C(F)(F)F)ccc1Cl)S(=O)(=O)c1ccccc1. The molecule has 3 aromatic rings. The number of sulfonamides is 1. The van der Waals surface area contributed by atoms with Crippen LogP contribution in [0.3, 0.4) is 0 Å². The van der Waals surface area contributed by atoms with Gasteiger partial charge in [-0.2, -0.15) is 13.2 Å². The number of unbranched alkanes of at least 4 members (excludes halogenated alkanes) is 1. The lowest BCUT2D eigenvalue weighted by Gasteiger charge is -2.32. The van der Waals surface area contributed by atoms with Crippen LogP contribution >= 0.6 is 11.6 Å². The molecule has 3 rings (SSSR count). The van der Waals surface area contributed by atoms with Crippen LogP contribution in [-0.2, 0) is 32.3 Å². The van der Waals surface area contributed by atoms with Crippen LogP contribution in [0.25, 0.3) is 0 Å². The number of carbonyl (C=O) groups excluding carboxylic acids is 2. The molecule has 0 spiro atoms. The van der Waals surface area contributed by atoms with Crippen molar-refractivity contribution in [1.82, 2.24) is 10.2 Å². The fraction of sp³-hybridized carbons (Fsp3) is 0.333. The maximum Gasteiger partial charge on any atom is 0.416 e. The number of carbonyl (C=O) groups is 2. The van der Waals surface area contributed by atoms with E-state index in [-0.39, 0.29) is 16.5 Å². The van der Waals surface area contributed by atoms with E-state index in [2.05, 4.69) is 5.32 Å². The third kappa shape index (κ3) is 8.64. The monoisotopic (exact) mass is 639 g/mol. The van der Waals surface area contributed by atoms with Crippen molar-refractivity contribution in [2.24, 2.45) is 0 Å². The normalized spacial score (nSPS) is 12.3. The first-order valence-electron chi connectivity index (χ1n) is 13.4. The summed E-state index contributed by atoms with van der Waals surface area (Å²) >= 11 is 6.27. The number of methoxy groups -OCH3 is 1. The van der Waals surface area contributed by atoms with Gasteiger partial charge in [0.25, 0.3) is 10.0 Å². The molecule has 2 amide bonds. The quantitative estimate of drug-likeness (QED) is 0.235. The molecule has 0 aliphatic heterocycles. The lowest BCUT2D eigenvalue weighted by atomic mass is 10.1. The zero-order valence-electron chi connectivity index (χ0n) is 23.9. The molecular formula is C30H33ClF3N3O5S. The van der Waals surface area contributed by atoms with Crippen molar-refractivity contribution in [3.05, 3.63) is 88.9 Å². The second kappa shape index (κ2) is 14.6. The standard InChI is InChI=1S/C30H33ClF3N3O5S/c1-4-5-17-35-29(39)21(2)36(19-22-11-14-24(42-3)15-12-22)28(38)20-37(43(40,41)25-9-7-6-8-10-25)27-18-23(30(32,33)34)13-16-26(27)31/h6-16,18,21H,4-5,17,19-20H2,1-3H3,(H,35,39)/t21-/m0/s1. The second-order valence-electron chi connectivity index (χ2n) is 9.68. The highest BCUT2D eigenvalue weighted by molar-refractivity contribution is 7.92. The van der Waals surface area contributed by atoms with Gasteiger partial charge in [-0.3, -0.25) is 13.9 Å². The fourth-order valence-electron chi connectivity index (χ4n) is 4.16. The number of hydrogen-bond acceptors (Lipinski definition) is 5. The number of amides is 2. The van der Waals surface area contributed by atoms with Gasteiger partial charge in [-0.15, -0.1) is 0 Å². The van der Waals surface area contributed by atoms with E-state index < -0.39 is 51.9 Å². The van der Waals surface area contributed by atoms with E-state index in [4.69, 9.17) is 16.3 Å². The fourth-order valence-corrected chi connectivity index (χ4v) is 5.88. The van der Waals surface area contributed by atoms with Gasteiger partial charge < -0.3 is 15.0 Å². The summed E-state index contributed by atoms with van der Waals surface area (Å²) in [5, 5.41) is 2.45. The van der Waals surface area contributed by atoms with Gasteiger partial charge in [0.2, 0.25) is 11.8 Å². The van der Waals surface area contributed by atoms with E-state index in [0.717, 1.165) is 18.6 Å². The number of nitrogens with one attached hydrogen (secondary N) is 1. The predicted octanol–water partition coefficient (Wildman–Crippen LogP) is 5.90. The van der Waals surface area contributed by atoms with E-state index in [0.29, 0.717) is 34.7 Å². The molecule has 13 heteroatoms. The summed E-state index contributed by atoms with van der Waals surface area (Å²) in [4.78, 5) is 27.9. The van der Waals surface area contributed by atoms with E-state index in [9.17, 15) is 31.2 Å². The van der Waals surface area contributed by atoms with Crippen LogP contribution in [0.15, 0.2) is 77.7 Å². The Hall–Kier alpha value is -3.77. The van der Waals surface area contributed by atoms with E-state index >= 15 is 0 Å². The number of nitrogens with zero attached hydrogens (tertiary/aromatic N) is 2. The maximum atomic E-state index is 14.0. The zero-order valence-corrected chi connectivity index (χ0v) is 25.5. The number of rotatable bonds is 13. The Balaban J connectivity index is 2.09. The van der Waals surface area contributed by atoms with E-state index in [1.54, 1.807) is 30.3 Å². The molecule has 0 aromatic heterocycles. The predicted molar refractivity (Wildman–Crippen MR) is 158 cm³/mol. The average Bonchev–Trinajstić information content (AvgIpc) is 2.98. The largest absolute Gasteiger partial charge is 0.497 e. The highest BCUT2D eigenvalue weighted by Gasteiger charge is 2.36. The highest BCUT2D eigenvalue weighted by atomic mass is 35.5. The molecule has 0 heterocycles. The Labute approximate surface area is 254 Å². The molecule has 0 aliphatic rings. The average molecular weight is 640 g/mol. The Morgan fingerprint density at radius 1 is 1.02 bits per heavy atom. The van der Waals surface area contributed by atoms with Gasteiger partial charge in [0.05, 0.1) is 28.3 Å². The molecule has 0 fully saturated rings. The summed E-state index contributed by atoms with van der Waals surface area (Å²) < 4.78 is 74.3. The molecule has 0 saturated carbocycles. The minimum absolute atomic E-state index is 0.0965. The number of alkyl halides is 3. The third-order valence-electron chi connectivity index (χ3n) is 6.66. The summed E-state index contributed by atoms with van der Waals surface area (Å²) in [6, 6.07) is 14.9. The van der Waals surface area contributed by atoms with E-state index in [1.807, 2.05) is 6.92 Å². The van der Waals surface area contributed by atoms with Crippen molar-refractivity contribution in [2.75, 3.05) is 24.5 Å². The number of hydrogen-bond donors (Lipinski definition) is 1. The minimum atomic E-state index is -4.81. The van der Waals surface area contributed by atoms with Crippen LogP contribution in [0.1, 0.15) is 37.8 Å². The van der Waals surface area contributed by atoms with Crippen molar-refractivity contribution in [2.45, 2.75) is 50.3 Å². The second-order valence-corrected chi connectivity index (χ2v) is 11.9. The molecule has 1 atom stereocenters. The number of halogens is 4. The summed E-state index contributed by atoms with van der Waals surface area (Å²) in [6.07, 6.45) is -3.27. The smallest absolute Gasteiger partial charge is 0.416 e. The van der Waals surface area contributed by atoms with Crippen LogP contribution in [-0.4, -0.2) is 51.4 Å². The molecular weight excluding hydrogens is 607 g/mol. The van der Waals surface area contributed by atoms with E-state index in [1.165, 1.54) is 43.2 Å². The molecule has 8 nitrogen and oxygen atoms in total. The topological polar surface area (TPSA) is 96.0 Å². The van der Waals surface area contributed by atoms with Crippen LogP contribution < -0.4 is 14.4 Å². The Kier molecular flexibility index (Phi) is 11.5. The van der Waals surface area contributed by atoms with Gasteiger partial charge in [0.15, 0.2) is 0 Å². The van der Waals surface area contributed by atoms with Crippen LogP contribution in [0.5, 0.6) is 5.75 Å². The molecule has 232 valence electrons. The molecule has 0 bridgehead atoms. The maximum absolute atomic E-state index is 14.0. The zero-order chi connectivity index (χ0) is 31.8. The van der Waals surface area contributed by atoms with Crippen molar-refractivity contribution < 1.29 is 35.9 Å². The Morgan fingerprint density at radius 2 is 1.67 bits per heavy atom. The summed E-state index contributed by atoms with van der Waals surface area (Å²) in [6.45, 7) is 2.80. The van der Waals surface area contributed by atoms with Gasteiger partial charge >= 0.3 is 6.18 Å². The van der Waals surface area contributed by atoms with Crippen molar-refractivity contribution in [3.63, 3.8) is 0 Å². The first-order chi connectivity index (χ1) is 20.3. The van der Waals surface area contributed by atoms with Crippen LogP contribution in [0.4, 0.5) is 18.9 Å². The van der Waals surface area contributed by atoms with Gasteiger partial charge in [-0.05, 0) is 61.4 Å². The van der Waals surface area contributed by atoms with Crippen LogP contribution in [0.2, 0.25) is 5.02 Å². The third-order valence-corrected chi connectivity index (χ3v) is 8.75. The first-order valence-corrected chi connectivity index (χ1v) is 15.3. The lowest BCUT2D eigenvalue weighted by Crippen LogP contribution is -2.51. The Bertz CT molecular complexity index is 1500. The Morgan fingerprint density at radius 3 is 2.26 bits per heavy atom. The number of anilines is 1. The number of ether oxygens (including phenoxy) is 1. The molecule has 0 unspecified atom stereocenters. The van der Waals surface area contributed by atoms with Gasteiger partial charge in [0.1, 0.15) is 18.3 Å². The van der Waals surface area contributed by atoms with Crippen molar-refractivity contribution >= 4 is 39.1 Å². The lowest BCUT2D eigenvalue weighted by molar-refractivity contribution is -0.139. The molecule has 43 heavy (non-hydrogen) atoms. The molecule has 0 saturated heterocycles. The molecule has 0 radical (unpaired) electrons. The van der Waals surface area contributed by atoms with Crippen molar-refractivity contribution in [3.8, 4) is 5.75 Å².